The van der Waals surface area contributed by atoms with Gasteiger partial charge in [-0.3, -0.25) is 4.79 Å². The van der Waals surface area contributed by atoms with Gasteiger partial charge in [-0.1, -0.05) is 84.9 Å². The van der Waals surface area contributed by atoms with Crippen LogP contribution in [0.5, 0.6) is 0 Å². The SMILES string of the molecule is Cc1ccccc1CN/C=C(/C#N)C(=O)NC(c1ccccc1)c1ccccc1. The second-order valence-corrected chi connectivity index (χ2v) is 6.71. The van der Waals surface area contributed by atoms with Crippen LogP contribution < -0.4 is 10.6 Å². The summed E-state index contributed by atoms with van der Waals surface area (Å²) in [7, 11) is 0. The van der Waals surface area contributed by atoms with Crippen molar-refractivity contribution < 1.29 is 4.79 Å². The first kappa shape index (κ1) is 19.9. The second-order valence-electron chi connectivity index (χ2n) is 6.71. The van der Waals surface area contributed by atoms with Gasteiger partial charge in [0.1, 0.15) is 11.6 Å². The van der Waals surface area contributed by atoms with E-state index in [0.717, 1.165) is 22.3 Å². The normalized spacial score (nSPS) is 11.0. The van der Waals surface area contributed by atoms with Gasteiger partial charge in [0.2, 0.25) is 0 Å². The van der Waals surface area contributed by atoms with Gasteiger partial charge in [0.05, 0.1) is 6.04 Å². The lowest BCUT2D eigenvalue weighted by Gasteiger charge is -2.19. The molecule has 0 bridgehead atoms. The lowest BCUT2D eigenvalue weighted by Crippen LogP contribution is -2.30. The predicted octanol–water partition coefficient (Wildman–Crippen LogP) is 4.40. The topological polar surface area (TPSA) is 64.9 Å². The molecule has 0 heterocycles. The summed E-state index contributed by atoms with van der Waals surface area (Å²) in [6, 6.07) is 29.1. The highest BCUT2D eigenvalue weighted by Crippen LogP contribution is 2.22. The molecule has 0 fully saturated rings. The van der Waals surface area contributed by atoms with Crippen LogP contribution in [-0.2, 0) is 11.3 Å². The number of nitrogens with zero attached hydrogens (tertiary/aromatic N) is 1. The Hall–Kier alpha value is -3.84. The van der Waals surface area contributed by atoms with Crippen LogP contribution in [-0.4, -0.2) is 5.91 Å². The summed E-state index contributed by atoms with van der Waals surface area (Å²) in [5, 5.41) is 15.6. The third kappa shape index (κ3) is 5.33. The van der Waals surface area contributed by atoms with Gasteiger partial charge in [-0.05, 0) is 29.2 Å². The van der Waals surface area contributed by atoms with E-state index in [-0.39, 0.29) is 11.6 Å². The Labute approximate surface area is 171 Å². The Balaban J connectivity index is 1.75. The van der Waals surface area contributed by atoms with Crippen molar-refractivity contribution in [1.29, 1.82) is 5.26 Å². The molecular weight excluding hydrogens is 358 g/mol. The van der Waals surface area contributed by atoms with Crippen LogP contribution in [0.3, 0.4) is 0 Å². The highest BCUT2D eigenvalue weighted by atomic mass is 16.1. The van der Waals surface area contributed by atoms with Crippen LogP contribution in [0.25, 0.3) is 0 Å². The van der Waals surface area contributed by atoms with E-state index in [2.05, 4.69) is 10.6 Å². The molecule has 0 spiro atoms. The van der Waals surface area contributed by atoms with Gasteiger partial charge in [-0.15, -0.1) is 0 Å². The number of nitriles is 1. The Morgan fingerprint density at radius 2 is 1.48 bits per heavy atom. The number of aryl methyl sites for hydroxylation is 1. The summed E-state index contributed by atoms with van der Waals surface area (Å²) in [5.41, 5.74) is 4.22. The number of carbonyl (C=O) groups is 1. The van der Waals surface area contributed by atoms with E-state index in [1.54, 1.807) is 0 Å². The van der Waals surface area contributed by atoms with Crippen LogP contribution in [0.2, 0.25) is 0 Å². The van der Waals surface area contributed by atoms with E-state index in [1.165, 1.54) is 6.20 Å². The van der Waals surface area contributed by atoms with Crippen molar-refractivity contribution in [2.75, 3.05) is 0 Å². The van der Waals surface area contributed by atoms with Crippen molar-refractivity contribution in [2.45, 2.75) is 19.5 Å². The summed E-state index contributed by atoms with van der Waals surface area (Å²) in [4.78, 5) is 12.8. The zero-order valence-corrected chi connectivity index (χ0v) is 16.3. The van der Waals surface area contributed by atoms with Crippen LogP contribution in [0.4, 0.5) is 0 Å². The maximum atomic E-state index is 12.8. The summed E-state index contributed by atoms with van der Waals surface area (Å²) in [6.07, 6.45) is 1.48. The fraction of sp³-hybridized carbons (Fsp3) is 0.120. The Kier molecular flexibility index (Phi) is 6.80. The van der Waals surface area contributed by atoms with Gasteiger partial charge in [-0.2, -0.15) is 5.26 Å². The van der Waals surface area contributed by atoms with Crippen molar-refractivity contribution in [2.24, 2.45) is 0 Å². The van der Waals surface area contributed by atoms with E-state index in [4.69, 9.17) is 0 Å². The van der Waals surface area contributed by atoms with E-state index < -0.39 is 5.91 Å². The molecule has 0 atom stereocenters. The molecule has 0 aliphatic rings. The molecular formula is C25H23N3O. The minimum absolute atomic E-state index is 0.0375. The molecule has 0 aliphatic heterocycles. The van der Waals surface area contributed by atoms with Crippen molar-refractivity contribution in [3.63, 3.8) is 0 Å². The van der Waals surface area contributed by atoms with Crippen LogP contribution in [0.15, 0.2) is 96.7 Å². The number of rotatable bonds is 7. The molecule has 3 aromatic rings. The molecule has 144 valence electrons. The number of nitrogens with one attached hydrogen (secondary N) is 2. The van der Waals surface area contributed by atoms with Gasteiger partial charge < -0.3 is 10.6 Å². The first-order valence-electron chi connectivity index (χ1n) is 9.48. The van der Waals surface area contributed by atoms with Gasteiger partial charge >= 0.3 is 0 Å². The Bertz CT molecular complexity index is 981. The number of hydrogen-bond donors (Lipinski definition) is 2. The number of benzene rings is 3. The summed E-state index contributed by atoms with van der Waals surface area (Å²) in [6.45, 7) is 2.58. The van der Waals surface area contributed by atoms with Gasteiger partial charge in [0, 0.05) is 12.7 Å². The van der Waals surface area contributed by atoms with E-state index >= 15 is 0 Å². The smallest absolute Gasteiger partial charge is 0.264 e. The first-order valence-corrected chi connectivity index (χ1v) is 9.48. The van der Waals surface area contributed by atoms with Crippen LogP contribution in [0, 0.1) is 18.3 Å². The quantitative estimate of drug-likeness (QED) is 0.471. The summed E-state index contributed by atoms with van der Waals surface area (Å²) >= 11 is 0. The third-order valence-electron chi connectivity index (χ3n) is 4.71. The molecule has 0 radical (unpaired) electrons. The second kappa shape index (κ2) is 9.91. The zero-order chi connectivity index (χ0) is 20.5. The maximum absolute atomic E-state index is 12.8. The molecule has 0 aromatic heterocycles. The number of carbonyl (C=O) groups excluding carboxylic acids is 1. The monoisotopic (exact) mass is 381 g/mol. The molecule has 0 saturated carbocycles. The average molecular weight is 381 g/mol. The number of amides is 1. The molecule has 4 nitrogen and oxygen atoms in total. The fourth-order valence-electron chi connectivity index (χ4n) is 3.08. The fourth-order valence-corrected chi connectivity index (χ4v) is 3.08. The zero-order valence-electron chi connectivity index (χ0n) is 16.3. The number of hydrogen-bond acceptors (Lipinski definition) is 3. The summed E-state index contributed by atoms with van der Waals surface area (Å²) < 4.78 is 0. The van der Waals surface area contributed by atoms with E-state index in [1.807, 2.05) is 97.9 Å². The van der Waals surface area contributed by atoms with E-state index in [9.17, 15) is 10.1 Å². The van der Waals surface area contributed by atoms with Crippen molar-refractivity contribution in [3.8, 4) is 6.07 Å². The largest absolute Gasteiger partial charge is 0.386 e. The molecule has 0 aliphatic carbocycles. The molecule has 1 amide bonds. The lowest BCUT2D eigenvalue weighted by molar-refractivity contribution is -0.117. The highest BCUT2D eigenvalue weighted by molar-refractivity contribution is 5.97. The van der Waals surface area contributed by atoms with Crippen molar-refractivity contribution in [1.82, 2.24) is 10.6 Å². The standard InChI is InChI=1S/C25H23N3O/c1-19-10-8-9-15-22(19)17-27-18-23(16-26)25(29)28-24(20-11-4-2-5-12-20)21-13-6-3-7-14-21/h2-15,18,24,27H,17H2,1H3,(H,28,29)/b23-18-. The Morgan fingerprint density at radius 1 is 0.931 bits per heavy atom. The minimum Gasteiger partial charge on any atom is -0.386 e. The molecule has 0 saturated heterocycles. The molecule has 29 heavy (non-hydrogen) atoms. The van der Waals surface area contributed by atoms with Crippen LogP contribution >= 0.6 is 0 Å². The van der Waals surface area contributed by atoms with E-state index in [0.29, 0.717) is 6.54 Å². The average Bonchev–Trinajstić information content (AvgIpc) is 2.77. The van der Waals surface area contributed by atoms with Gasteiger partial charge in [0.15, 0.2) is 0 Å². The minimum atomic E-state index is -0.414. The van der Waals surface area contributed by atoms with Crippen LogP contribution in [0.1, 0.15) is 28.3 Å². The first-order chi connectivity index (χ1) is 14.2. The lowest BCUT2D eigenvalue weighted by atomic mass is 9.98. The Morgan fingerprint density at radius 3 is 2.03 bits per heavy atom. The van der Waals surface area contributed by atoms with Gasteiger partial charge in [0.25, 0.3) is 5.91 Å². The van der Waals surface area contributed by atoms with Gasteiger partial charge in [-0.25, -0.2) is 0 Å². The molecule has 3 aromatic carbocycles. The van der Waals surface area contributed by atoms with Crippen molar-refractivity contribution in [3.05, 3.63) is 119 Å². The third-order valence-corrected chi connectivity index (χ3v) is 4.71. The summed E-state index contributed by atoms with van der Waals surface area (Å²) in [5.74, 6) is -0.414. The molecule has 0 unspecified atom stereocenters. The highest BCUT2D eigenvalue weighted by Gasteiger charge is 2.19. The molecule has 3 rings (SSSR count). The predicted molar refractivity (Wildman–Crippen MR) is 115 cm³/mol. The van der Waals surface area contributed by atoms with Crippen molar-refractivity contribution >= 4 is 5.91 Å². The molecule has 2 N–H and O–H groups in total. The maximum Gasteiger partial charge on any atom is 0.264 e. The molecule has 4 heteroatoms.